The van der Waals surface area contributed by atoms with Gasteiger partial charge in [-0.1, -0.05) is 51.0 Å². The molecule has 0 bridgehead atoms. The number of aliphatic hydroxyl groups is 4. The zero-order valence-corrected chi connectivity index (χ0v) is 20.0. The first-order valence-corrected chi connectivity index (χ1v) is 12.3. The Kier molecular flexibility index (Phi) is 7.57. The second kappa shape index (κ2) is 9.51. The smallest absolute Gasteiger partial charge is 0.110 e. The van der Waals surface area contributed by atoms with Gasteiger partial charge in [0.2, 0.25) is 0 Å². The largest absolute Gasteiger partial charge is 0.390 e. The highest BCUT2D eigenvalue weighted by Crippen LogP contribution is 2.60. The molecule has 7 atom stereocenters. The van der Waals surface area contributed by atoms with Crippen LogP contribution in [0.25, 0.3) is 0 Å². The molecule has 0 aromatic heterocycles. The molecule has 0 spiro atoms. The van der Waals surface area contributed by atoms with Gasteiger partial charge in [-0.15, -0.1) is 0 Å². The number of hydrogen-bond acceptors (Lipinski definition) is 4. The van der Waals surface area contributed by atoms with Crippen LogP contribution in [0.2, 0.25) is 0 Å². The SMILES string of the molecule is C=C1/C(=C\C=C2/CCC[C@]3(C)[C@@H]([C@H](C)CCCC(C)(C)O)CC[C@@H]23)C[C@@H](O)[C@H](O)[C@@H]1O. The molecular formula is C27H44O4. The topological polar surface area (TPSA) is 80.9 Å². The Hall–Kier alpha value is -0.940. The average Bonchev–Trinajstić information content (AvgIpc) is 3.04. The van der Waals surface area contributed by atoms with E-state index in [1.165, 1.54) is 37.7 Å². The standard InChI is InChI=1S/C27H44O4/c1-17(8-6-14-26(3,4)31)21-12-13-22-19(9-7-15-27(21,22)5)10-11-20-16-23(28)25(30)24(29)18(20)2/h10-11,17,21-25,28-31H,2,6-9,12-16H2,1,3-5H3/b19-10+,20-11-/t17-,21-,22+,23-,24-,25+,27-/m1/s1. The van der Waals surface area contributed by atoms with Crippen LogP contribution >= 0.6 is 0 Å². The fourth-order valence-corrected chi connectivity index (χ4v) is 6.74. The van der Waals surface area contributed by atoms with Gasteiger partial charge in [-0.25, -0.2) is 0 Å². The summed E-state index contributed by atoms with van der Waals surface area (Å²) in [5.41, 5.74) is 2.62. The van der Waals surface area contributed by atoms with Crippen molar-refractivity contribution in [1.29, 1.82) is 0 Å². The molecule has 3 fully saturated rings. The van der Waals surface area contributed by atoms with Crippen molar-refractivity contribution in [2.24, 2.45) is 23.2 Å². The van der Waals surface area contributed by atoms with Crippen molar-refractivity contribution >= 4 is 0 Å². The van der Waals surface area contributed by atoms with Crippen molar-refractivity contribution < 1.29 is 20.4 Å². The van der Waals surface area contributed by atoms with Gasteiger partial charge < -0.3 is 20.4 Å². The maximum absolute atomic E-state index is 10.1. The maximum atomic E-state index is 10.1. The number of hydrogen-bond donors (Lipinski definition) is 4. The molecule has 0 aromatic carbocycles. The van der Waals surface area contributed by atoms with Crippen LogP contribution in [-0.4, -0.2) is 44.3 Å². The van der Waals surface area contributed by atoms with Gasteiger partial charge in [-0.05, 0) is 86.7 Å². The van der Waals surface area contributed by atoms with Gasteiger partial charge in [0.1, 0.15) is 12.2 Å². The molecule has 0 aromatic rings. The lowest BCUT2D eigenvalue weighted by atomic mass is 9.60. The van der Waals surface area contributed by atoms with Crippen molar-refractivity contribution in [2.45, 2.75) is 109 Å². The average molecular weight is 433 g/mol. The predicted octanol–water partition coefficient (Wildman–Crippen LogP) is 4.68. The van der Waals surface area contributed by atoms with Crippen LogP contribution in [0.1, 0.15) is 85.5 Å². The van der Waals surface area contributed by atoms with Gasteiger partial charge in [-0.3, -0.25) is 0 Å². The second-order valence-electron chi connectivity index (χ2n) is 11.4. The van der Waals surface area contributed by atoms with E-state index in [1.54, 1.807) is 0 Å². The van der Waals surface area contributed by atoms with Gasteiger partial charge in [0.25, 0.3) is 0 Å². The fraction of sp³-hybridized carbons (Fsp3) is 0.778. The Bertz CT molecular complexity index is 715. The monoisotopic (exact) mass is 432 g/mol. The minimum atomic E-state index is -1.15. The van der Waals surface area contributed by atoms with Gasteiger partial charge in [0.05, 0.1) is 11.7 Å². The molecule has 0 unspecified atom stereocenters. The molecule has 31 heavy (non-hydrogen) atoms. The van der Waals surface area contributed by atoms with Crippen molar-refractivity contribution in [3.05, 3.63) is 35.5 Å². The zero-order chi connectivity index (χ0) is 23.0. The van der Waals surface area contributed by atoms with Gasteiger partial charge in [0.15, 0.2) is 0 Å². The van der Waals surface area contributed by atoms with Gasteiger partial charge >= 0.3 is 0 Å². The maximum Gasteiger partial charge on any atom is 0.110 e. The van der Waals surface area contributed by atoms with Crippen LogP contribution < -0.4 is 0 Å². The van der Waals surface area contributed by atoms with Crippen molar-refractivity contribution in [3.63, 3.8) is 0 Å². The van der Waals surface area contributed by atoms with Crippen LogP contribution in [0.5, 0.6) is 0 Å². The third kappa shape index (κ3) is 5.35. The lowest BCUT2D eigenvalue weighted by Crippen LogP contribution is -2.43. The molecular weight excluding hydrogens is 388 g/mol. The predicted molar refractivity (Wildman–Crippen MR) is 125 cm³/mol. The van der Waals surface area contributed by atoms with Crippen LogP contribution in [0.4, 0.5) is 0 Å². The Morgan fingerprint density at radius 1 is 1.19 bits per heavy atom. The summed E-state index contributed by atoms with van der Waals surface area (Å²) in [6.07, 6.45) is 10.6. The number of aliphatic hydroxyl groups excluding tert-OH is 3. The van der Waals surface area contributed by atoms with E-state index in [4.69, 9.17) is 0 Å². The van der Waals surface area contributed by atoms with Crippen molar-refractivity contribution in [2.75, 3.05) is 0 Å². The molecule has 0 radical (unpaired) electrons. The molecule has 3 aliphatic rings. The Morgan fingerprint density at radius 2 is 1.90 bits per heavy atom. The summed E-state index contributed by atoms with van der Waals surface area (Å²) < 4.78 is 0. The summed E-state index contributed by atoms with van der Waals surface area (Å²) in [4.78, 5) is 0. The highest BCUT2D eigenvalue weighted by molar-refractivity contribution is 5.40. The van der Waals surface area contributed by atoms with E-state index >= 15 is 0 Å². The molecule has 3 aliphatic carbocycles. The first kappa shape index (κ1) is 24.7. The highest BCUT2D eigenvalue weighted by atomic mass is 16.4. The summed E-state index contributed by atoms with van der Waals surface area (Å²) in [7, 11) is 0. The van der Waals surface area contributed by atoms with E-state index in [-0.39, 0.29) is 0 Å². The van der Waals surface area contributed by atoms with Gasteiger partial charge in [-0.2, -0.15) is 0 Å². The quantitative estimate of drug-likeness (QED) is 0.491. The molecule has 0 heterocycles. The van der Waals surface area contributed by atoms with E-state index < -0.39 is 23.9 Å². The minimum absolute atomic E-state index is 0.329. The second-order valence-corrected chi connectivity index (χ2v) is 11.4. The summed E-state index contributed by atoms with van der Waals surface area (Å²) >= 11 is 0. The normalized spacial score (nSPS) is 40.4. The molecule has 0 aliphatic heterocycles. The van der Waals surface area contributed by atoms with E-state index in [1.807, 2.05) is 19.9 Å². The molecule has 3 rings (SSSR count). The highest BCUT2D eigenvalue weighted by Gasteiger charge is 2.50. The molecule has 4 heteroatoms. The summed E-state index contributed by atoms with van der Waals surface area (Å²) in [5, 5.41) is 40.1. The van der Waals surface area contributed by atoms with Gasteiger partial charge in [0, 0.05) is 6.42 Å². The Labute approximate surface area is 188 Å². The van der Waals surface area contributed by atoms with Crippen LogP contribution in [-0.2, 0) is 0 Å². The molecule has 3 saturated carbocycles. The molecule has 0 saturated heterocycles. The first-order chi connectivity index (χ1) is 14.4. The van der Waals surface area contributed by atoms with Crippen LogP contribution in [0.15, 0.2) is 35.5 Å². The van der Waals surface area contributed by atoms with Crippen LogP contribution in [0, 0.1) is 23.2 Å². The minimum Gasteiger partial charge on any atom is -0.390 e. The Morgan fingerprint density at radius 3 is 2.58 bits per heavy atom. The molecule has 4 nitrogen and oxygen atoms in total. The zero-order valence-electron chi connectivity index (χ0n) is 20.0. The summed E-state index contributed by atoms with van der Waals surface area (Å²) in [6.45, 7) is 12.6. The summed E-state index contributed by atoms with van der Waals surface area (Å²) in [6, 6.07) is 0. The number of allylic oxidation sites excluding steroid dienone is 3. The lowest BCUT2D eigenvalue weighted by molar-refractivity contribution is -0.0530. The van der Waals surface area contributed by atoms with E-state index in [9.17, 15) is 20.4 Å². The van der Waals surface area contributed by atoms with Crippen molar-refractivity contribution in [3.8, 4) is 0 Å². The number of fused-ring (bicyclic) bond motifs is 1. The fourth-order valence-electron chi connectivity index (χ4n) is 6.74. The Balaban J connectivity index is 1.71. The molecule has 176 valence electrons. The molecule has 0 amide bonds. The summed E-state index contributed by atoms with van der Waals surface area (Å²) in [5.74, 6) is 1.98. The molecule has 4 N–H and O–H groups in total. The van der Waals surface area contributed by atoms with E-state index in [2.05, 4.69) is 26.5 Å². The number of rotatable bonds is 6. The first-order valence-electron chi connectivity index (χ1n) is 12.3. The van der Waals surface area contributed by atoms with Crippen LogP contribution in [0.3, 0.4) is 0 Å². The van der Waals surface area contributed by atoms with Crippen molar-refractivity contribution in [1.82, 2.24) is 0 Å². The lowest BCUT2D eigenvalue weighted by Gasteiger charge is -2.44. The third-order valence-electron chi connectivity index (χ3n) is 8.59. The van der Waals surface area contributed by atoms with E-state index in [0.29, 0.717) is 29.2 Å². The third-order valence-corrected chi connectivity index (χ3v) is 8.59. The van der Waals surface area contributed by atoms with E-state index in [0.717, 1.165) is 30.8 Å².